The molecule has 0 bridgehead atoms. The third kappa shape index (κ3) is 9.47. The van der Waals surface area contributed by atoms with Crippen molar-refractivity contribution in [3.63, 3.8) is 0 Å². The van der Waals surface area contributed by atoms with Crippen LogP contribution in [0.1, 0.15) is 45.3 Å². The summed E-state index contributed by atoms with van der Waals surface area (Å²) < 4.78 is 8.10. The second-order valence-corrected chi connectivity index (χ2v) is 63.6. The Morgan fingerprint density at radius 2 is 1.36 bits per heavy atom. The molecule has 160 valence electrons. The Hall–Kier alpha value is 0.388. The van der Waals surface area contributed by atoms with Gasteiger partial charge in [-0.3, -0.25) is 0 Å². The van der Waals surface area contributed by atoms with Crippen molar-refractivity contribution in [1.82, 2.24) is 4.57 Å². The Kier molecular flexibility index (Phi) is 8.01. The van der Waals surface area contributed by atoms with E-state index < -0.39 is 14.9 Å². The number of hydrogen-bond acceptors (Lipinski definition) is 3. The fourth-order valence-corrected chi connectivity index (χ4v) is 2.24. The zero-order valence-electron chi connectivity index (χ0n) is 15.8. The van der Waals surface area contributed by atoms with Gasteiger partial charge in [-0.1, -0.05) is 17.7 Å². The second kappa shape index (κ2) is 8.49. The predicted octanol–water partition coefficient (Wildman–Crippen LogP) is 5.98. The number of rotatable bonds is 3. The first-order valence-electron chi connectivity index (χ1n) is 8.12. The van der Waals surface area contributed by atoms with Crippen molar-refractivity contribution in [2.75, 3.05) is 0 Å². The number of halogens is 6. The summed E-state index contributed by atoms with van der Waals surface area (Å²) in [5.74, 6) is -0.320. The van der Waals surface area contributed by atoms with Crippen LogP contribution in [-0.2, 0) is 0 Å². The molecule has 5 nitrogen and oxygen atoms in total. The average molecular weight is 624 g/mol. The predicted molar refractivity (Wildman–Crippen MR) is 121 cm³/mol. The first-order chi connectivity index (χ1) is 12.3. The van der Waals surface area contributed by atoms with Crippen LogP contribution in [0.15, 0.2) is 38.3 Å². The first kappa shape index (κ1) is 26.4. The van der Waals surface area contributed by atoms with Crippen molar-refractivity contribution in [2.24, 2.45) is 0 Å². The van der Waals surface area contributed by atoms with E-state index in [0.717, 1.165) is 15.7 Å². The van der Waals surface area contributed by atoms with E-state index in [1.54, 1.807) is 13.8 Å². The Morgan fingerprint density at radius 1 is 0.929 bits per heavy atom. The molecular weight excluding hydrogens is 603 g/mol. The Balaban J connectivity index is 0.000000480. The van der Waals surface area contributed by atoms with Crippen LogP contribution in [-0.4, -0.2) is 13.7 Å². The van der Waals surface area contributed by atoms with Gasteiger partial charge in [0.25, 0.3) is 0 Å². The molecule has 0 aliphatic carbocycles. The molecule has 2 aromatic rings. The van der Waals surface area contributed by atoms with E-state index in [2.05, 4.69) is 0 Å². The summed E-state index contributed by atoms with van der Waals surface area (Å²) in [6.45, 7) is 9.34. The number of aryl methyl sites for hydroxylation is 1. The molecule has 1 aromatic carbocycles. The minimum atomic E-state index is -5.42. The second-order valence-electron chi connectivity index (χ2n) is 6.71. The molecule has 2 rings (SSSR count). The van der Waals surface area contributed by atoms with Gasteiger partial charge in [0.1, 0.15) is 12.1 Å². The van der Waals surface area contributed by atoms with Crippen LogP contribution in [0.2, 0.25) is 0 Å². The standard InChI is InChI=1S/C16H21N2O3.6ClH.Sb/c1-10(2)17-14(13-8-6-12(5)7-9-13)21-16(20)18(11(3)4)15(17)19;;;;;;;/h6-11H,1-5H3;6*1H;/q+1;;;;;;;+5/p-6. The summed E-state index contributed by atoms with van der Waals surface area (Å²) >= 11 is 0. The van der Waals surface area contributed by atoms with Crippen LogP contribution in [0.5, 0.6) is 0 Å². The van der Waals surface area contributed by atoms with Crippen molar-refractivity contribution >= 4 is 62.1 Å². The Morgan fingerprint density at radius 3 is 1.71 bits per heavy atom. The van der Waals surface area contributed by atoms with E-state index in [-0.39, 0.29) is 17.8 Å². The normalized spacial score (nSPS) is 14.3. The fourth-order valence-electron chi connectivity index (χ4n) is 2.24. The molecule has 0 aliphatic heterocycles. The molecule has 1 heterocycles. The molecule has 0 radical (unpaired) electrons. The molecule has 0 aliphatic rings. The number of aromatic nitrogens is 2. The van der Waals surface area contributed by atoms with Crippen molar-refractivity contribution in [2.45, 2.75) is 46.7 Å². The summed E-state index contributed by atoms with van der Waals surface area (Å²) in [6.07, 6.45) is 0. The Labute approximate surface area is 183 Å². The minimum absolute atomic E-state index is 0.108. The van der Waals surface area contributed by atoms with Crippen molar-refractivity contribution in [3.05, 3.63) is 50.9 Å². The van der Waals surface area contributed by atoms with Gasteiger partial charge in [-0.15, -0.1) is 4.57 Å². The third-order valence-electron chi connectivity index (χ3n) is 3.34. The van der Waals surface area contributed by atoms with E-state index in [1.165, 1.54) is 4.57 Å². The van der Waals surface area contributed by atoms with Crippen LogP contribution in [0.4, 0.5) is 0 Å². The van der Waals surface area contributed by atoms with Gasteiger partial charge in [0.15, 0.2) is 0 Å². The Bertz CT molecular complexity index is 950. The summed E-state index contributed by atoms with van der Waals surface area (Å²) in [5.41, 5.74) is 1.49. The van der Waals surface area contributed by atoms with Crippen molar-refractivity contribution in [1.29, 1.82) is 0 Å². The van der Waals surface area contributed by atoms with Gasteiger partial charge in [0.05, 0.1) is 5.56 Å². The molecule has 0 spiro atoms. The molecule has 0 amide bonds. The summed E-state index contributed by atoms with van der Waals surface area (Å²) in [4.78, 5) is 24.7. The fraction of sp³-hybridized carbons (Fsp3) is 0.438. The van der Waals surface area contributed by atoms with E-state index in [0.29, 0.717) is 5.89 Å². The van der Waals surface area contributed by atoms with Gasteiger partial charge in [-0.05, 0) is 46.8 Å². The maximum absolute atomic E-state index is 12.6. The number of hydrogen-bond donors (Lipinski definition) is 0. The first-order valence-corrected chi connectivity index (χ1v) is 27.5. The SMILES string of the molecule is Cc1ccc(-c2oc(=O)n(C(C)C)c(=O)[n+]2C(C)C)cc1.[Cl][Sb-]([Cl])([Cl])([Cl])([Cl])[Cl]. The number of nitrogens with zero attached hydrogens (tertiary/aromatic N) is 2. The summed E-state index contributed by atoms with van der Waals surface area (Å²) in [5, 5.41) is 0. The average Bonchev–Trinajstić information content (AvgIpc) is 2.43. The van der Waals surface area contributed by atoms with Crippen LogP contribution < -0.4 is 16.0 Å². The summed E-state index contributed by atoms with van der Waals surface area (Å²) in [7, 11) is 25.0. The van der Waals surface area contributed by atoms with Gasteiger partial charge in [0.2, 0.25) is 0 Å². The molecule has 0 saturated heterocycles. The number of benzene rings is 1. The van der Waals surface area contributed by atoms with Gasteiger partial charge >= 0.3 is 79.5 Å². The van der Waals surface area contributed by atoms with E-state index in [9.17, 15) is 9.59 Å². The zero-order chi connectivity index (χ0) is 22.1. The monoisotopic (exact) mass is 620 g/mol. The quantitative estimate of drug-likeness (QED) is 0.312. The molecule has 1 aromatic heterocycles. The van der Waals surface area contributed by atoms with Crippen LogP contribution in [0, 0.1) is 6.92 Å². The van der Waals surface area contributed by atoms with E-state index in [4.69, 9.17) is 57.4 Å². The van der Waals surface area contributed by atoms with Crippen molar-refractivity contribution < 1.29 is 8.98 Å². The topological polar surface area (TPSA) is 56.1 Å². The molecule has 0 unspecified atom stereocenters. The third-order valence-corrected chi connectivity index (χ3v) is 3.34. The maximum atomic E-state index is 12.6. The molecule has 0 saturated carbocycles. The molecule has 0 N–H and O–H groups in total. The van der Waals surface area contributed by atoms with Gasteiger partial charge in [-0.25, -0.2) is 0 Å². The zero-order valence-corrected chi connectivity index (χ0v) is 22.9. The summed E-state index contributed by atoms with van der Waals surface area (Å²) in [6, 6.07) is 7.20. The molecule has 0 fully saturated rings. The van der Waals surface area contributed by atoms with Crippen LogP contribution in [0.3, 0.4) is 0 Å². The van der Waals surface area contributed by atoms with Crippen LogP contribution in [0.25, 0.3) is 11.5 Å². The van der Waals surface area contributed by atoms with Gasteiger partial charge < -0.3 is 4.42 Å². The van der Waals surface area contributed by atoms with Gasteiger partial charge in [-0.2, -0.15) is 14.2 Å². The van der Waals surface area contributed by atoms with Crippen molar-refractivity contribution in [3.8, 4) is 11.5 Å². The van der Waals surface area contributed by atoms with Gasteiger partial charge in [0, 0.05) is 0 Å². The molecular formula is C16H21Cl6N2O3Sb. The van der Waals surface area contributed by atoms with E-state index in [1.807, 2.05) is 45.0 Å². The molecule has 12 heteroatoms. The molecule has 28 heavy (non-hydrogen) atoms. The van der Waals surface area contributed by atoms with Crippen LogP contribution >= 0.6 is 53.0 Å². The van der Waals surface area contributed by atoms with E-state index >= 15 is 0 Å². The molecule has 0 atom stereocenters.